The van der Waals surface area contributed by atoms with E-state index in [0.29, 0.717) is 13.0 Å². The molecule has 4 heteroatoms. The van der Waals surface area contributed by atoms with E-state index in [2.05, 4.69) is 27.7 Å². The normalized spacial score (nSPS) is 12.3. The predicted octanol–water partition coefficient (Wildman–Crippen LogP) is 4.61. The van der Waals surface area contributed by atoms with Gasteiger partial charge in [0, 0.05) is 26.1 Å². The Morgan fingerprint density at radius 3 is 2.08 bits per heavy atom. The summed E-state index contributed by atoms with van der Waals surface area (Å²) in [5, 5.41) is 0. The van der Waals surface area contributed by atoms with Gasteiger partial charge < -0.3 is 9.64 Å². The van der Waals surface area contributed by atoms with Crippen molar-refractivity contribution in [2.75, 3.05) is 19.7 Å². The van der Waals surface area contributed by atoms with Crippen molar-refractivity contribution in [2.24, 2.45) is 5.41 Å². The highest BCUT2D eigenvalue weighted by Crippen LogP contribution is 2.19. The zero-order valence-corrected chi connectivity index (χ0v) is 17.0. The maximum absolute atomic E-state index is 12.4. The van der Waals surface area contributed by atoms with Crippen LogP contribution in [0.2, 0.25) is 0 Å². The Morgan fingerprint density at radius 1 is 0.958 bits per heavy atom. The molecule has 0 unspecified atom stereocenters. The Bertz CT molecular complexity index is 383. The van der Waals surface area contributed by atoms with Crippen molar-refractivity contribution < 1.29 is 14.3 Å². The van der Waals surface area contributed by atoms with E-state index < -0.39 is 5.60 Å². The number of rotatable bonds is 12. The van der Waals surface area contributed by atoms with E-state index in [-0.39, 0.29) is 17.1 Å². The highest BCUT2D eigenvalue weighted by atomic mass is 16.5. The third-order valence-electron chi connectivity index (χ3n) is 4.32. The number of hydrogen-bond donors (Lipinski definition) is 0. The minimum absolute atomic E-state index is 0.0479. The Kier molecular flexibility index (Phi) is 10.5. The largest absolute Gasteiger partial charge is 0.368 e. The number of carbonyl (C=O) groups excluding carboxylic acids is 2. The lowest BCUT2D eigenvalue weighted by atomic mass is 9.92. The van der Waals surface area contributed by atoms with Crippen LogP contribution in [0.15, 0.2) is 0 Å². The van der Waals surface area contributed by atoms with Gasteiger partial charge in [-0.2, -0.15) is 0 Å². The van der Waals surface area contributed by atoms with Crippen LogP contribution in [-0.4, -0.2) is 41.9 Å². The lowest BCUT2D eigenvalue weighted by Gasteiger charge is -2.27. The summed E-state index contributed by atoms with van der Waals surface area (Å²) in [4.78, 5) is 25.8. The molecule has 0 fully saturated rings. The standard InChI is InChI=1S/C20H39NO3/c1-8-14-21(15-13-19(3,4)5)18(23)12-10-9-11-16-24-20(6,7)17(2)22/h8-16H2,1-7H3. The molecule has 4 nitrogen and oxygen atoms in total. The molecule has 1 amide bonds. The summed E-state index contributed by atoms with van der Waals surface area (Å²) in [7, 11) is 0. The summed E-state index contributed by atoms with van der Waals surface area (Å²) in [6, 6.07) is 0. The van der Waals surface area contributed by atoms with Crippen LogP contribution in [-0.2, 0) is 14.3 Å². The molecule has 0 spiro atoms. The van der Waals surface area contributed by atoms with Gasteiger partial charge in [-0.1, -0.05) is 34.1 Å². The molecule has 0 saturated carbocycles. The van der Waals surface area contributed by atoms with Crippen LogP contribution < -0.4 is 0 Å². The van der Waals surface area contributed by atoms with Crippen molar-refractivity contribution in [3.63, 3.8) is 0 Å². The van der Waals surface area contributed by atoms with Crippen LogP contribution >= 0.6 is 0 Å². The molecule has 0 heterocycles. The minimum atomic E-state index is -0.694. The monoisotopic (exact) mass is 341 g/mol. The first-order valence-corrected chi connectivity index (χ1v) is 9.42. The minimum Gasteiger partial charge on any atom is -0.368 e. The molecule has 0 saturated heterocycles. The molecule has 24 heavy (non-hydrogen) atoms. The molecular formula is C20H39NO3. The van der Waals surface area contributed by atoms with Gasteiger partial charge in [-0.25, -0.2) is 0 Å². The average Bonchev–Trinajstić information content (AvgIpc) is 2.45. The second-order valence-electron chi connectivity index (χ2n) is 8.42. The third-order valence-corrected chi connectivity index (χ3v) is 4.32. The molecule has 0 bridgehead atoms. The number of carbonyl (C=O) groups is 2. The summed E-state index contributed by atoms with van der Waals surface area (Å²) < 4.78 is 5.62. The van der Waals surface area contributed by atoms with Crippen LogP contribution in [0.1, 0.15) is 87.0 Å². The smallest absolute Gasteiger partial charge is 0.222 e. The first kappa shape index (κ1) is 23.1. The molecular weight excluding hydrogens is 302 g/mol. The maximum atomic E-state index is 12.4. The van der Waals surface area contributed by atoms with Crippen molar-refractivity contribution in [3.05, 3.63) is 0 Å². The summed E-state index contributed by atoms with van der Waals surface area (Å²) >= 11 is 0. The summed E-state index contributed by atoms with van der Waals surface area (Å²) in [5.74, 6) is 0.317. The fraction of sp³-hybridized carbons (Fsp3) is 0.900. The van der Waals surface area contributed by atoms with Crippen LogP contribution in [0.25, 0.3) is 0 Å². The second-order valence-corrected chi connectivity index (χ2v) is 8.42. The van der Waals surface area contributed by atoms with Crippen LogP contribution in [0.5, 0.6) is 0 Å². The average molecular weight is 342 g/mol. The molecule has 0 N–H and O–H groups in total. The van der Waals surface area contributed by atoms with E-state index in [1.54, 1.807) is 20.8 Å². The number of ketones is 1. The van der Waals surface area contributed by atoms with Crippen LogP contribution in [0.4, 0.5) is 0 Å². The second kappa shape index (κ2) is 10.9. The molecule has 0 atom stereocenters. The lowest BCUT2D eigenvalue weighted by Crippen LogP contribution is -2.34. The first-order chi connectivity index (χ1) is 11.0. The highest BCUT2D eigenvalue weighted by molar-refractivity contribution is 5.83. The number of Topliss-reactive ketones (excluding diaryl/α,β-unsaturated/α-hetero) is 1. The molecule has 142 valence electrons. The third kappa shape index (κ3) is 10.8. The maximum Gasteiger partial charge on any atom is 0.222 e. The van der Waals surface area contributed by atoms with E-state index >= 15 is 0 Å². The van der Waals surface area contributed by atoms with Crippen LogP contribution in [0.3, 0.4) is 0 Å². The quantitative estimate of drug-likeness (QED) is 0.487. The van der Waals surface area contributed by atoms with E-state index in [9.17, 15) is 9.59 Å². The lowest BCUT2D eigenvalue weighted by molar-refractivity contribution is -0.138. The summed E-state index contributed by atoms with van der Waals surface area (Å²) in [5.41, 5.74) is -0.437. The van der Waals surface area contributed by atoms with Crippen molar-refractivity contribution in [3.8, 4) is 0 Å². The Labute approximate surface area is 149 Å². The van der Waals surface area contributed by atoms with E-state index in [4.69, 9.17) is 4.74 Å². The number of hydrogen-bond acceptors (Lipinski definition) is 3. The number of nitrogens with zero attached hydrogens (tertiary/aromatic N) is 1. The summed E-state index contributed by atoms with van der Waals surface area (Å²) in [6.45, 7) is 16.2. The SMILES string of the molecule is CCCN(CCC(C)(C)C)C(=O)CCCCCOC(C)(C)C(C)=O. The summed E-state index contributed by atoms with van der Waals surface area (Å²) in [6.07, 6.45) is 5.38. The first-order valence-electron chi connectivity index (χ1n) is 9.42. The van der Waals surface area contributed by atoms with Gasteiger partial charge in [-0.05, 0) is 51.9 Å². The zero-order valence-electron chi connectivity index (χ0n) is 17.0. The Morgan fingerprint density at radius 2 is 1.58 bits per heavy atom. The van der Waals surface area contributed by atoms with Gasteiger partial charge in [-0.15, -0.1) is 0 Å². The molecule has 0 aromatic heterocycles. The molecule has 0 aliphatic carbocycles. The van der Waals surface area contributed by atoms with E-state index in [1.807, 2.05) is 4.90 Å². The van der Waals surface area contributed by atoms with Gasteiger partial charge in [0.25, 0.3) is 0 Å². The van der Waals surface area contributed by atoms with Crippen molar-refractivity contribution in [1.82, 2.24) is 4.90 Å². The number of amides is 1. The molecule has 0 aromatic carbocycles. The van der Waals surface area contributed by atoms with Gasteiger partial charge in [0.1, 0.15) is 5.60 Å². The topological polar surface area (TPSA) is 46.6 Å². The van der Waals surface area contributed by atoms with Crippen LogP contribution in [0, 0.1) is 5.41 Å². The molecule has 0 aromatic rings. The molecule has 0 rings (SSSR count). The fourth-order valence-electron chi connectivity index (χ4n) is 2.24. The van der Waals surface area contributed by atoms with Crippen molar-refractivity contribution in [1.29, 1.82) is 0 Å². The molecule has 0 aliphatic rings. The fourth-order valence-corrected chi connectivity index (χ4v) is 2.24. The van der Waals surface area contributed by atoms with Gasteiger partial charge >= 0.3 is 0 Å². The highest BCUT2D eigenvalue weighted by Gasteiger charge is 2.23. The Balaban J connectivity index is 4.02. The Hall–Kier alpha value is -0.900. The van der Waals surface area contributed by atoms with E-state index in [1.165, 1.54) is 0 Å². The predicted molar refractivity (Wildman–Crippen MR) is 100 cm³/mol. The molecule has 0 radical (unpaired) electrons. The van der Waals surface area contributed by atoms with Crippen molar-refractivity contribution in [2.45, 2.75) is 92.6 Å². The number of unbranched alkanes of at least 4 members (excludes halogenated alkanes) is 2. The molecule has 0 aliphatic heterocycles. The van der Waals surface area contributed by atoms with Gasteiger partial charge in [0.2, 0.25) is 5.91 Å². The van der Waals surface area contributed by atoms with Crippen molar-refractivity contribution >= 4 is 11.7 Å². The van der Waals surface area contributed by atoms with Gasteiger partial charge in [0.05, 0.1) is 0 Å². The van der Waals surface area contributed by atoms with E-state index in [0.717, 1.165) is 45.2 Å². The van der Waals surface area contributed by atoms with Gasteiger partial charge in [-0.3, -0.25) is 9.59 Å². The zero-order chi connectivity index (χ0) is 18.8. The van der Waals surface area contributed by atoms with Gasteiger partial charge in [0.15, 0.2) is 5.78 Å². The number of ether oxygens (including phenoxy) is 1.